The van der Waals surface area contributed by atoms with E-state index in [0.29, 0.717) is 0 Å². The predicted octanol–water partition coefficient (Wildman–Crippen LogP) is 3.73. The molecule has 0 aliphatic rings. The molecular weight excluding hydrogens is 228 g/mol. The Morgan fingerprint density at radius 2 is 1.82 bits per heavy atom. The van der Waals surface area contributed by atoms with Gasteiger partial charge in [0.1, 0.15) is 0 Å². The zero-order valence-electron chi connectivity index (χ0n) is 10.8. The molecule has 2 rings (SSSR count). The number of nitrogens with zero attached hydrogens (tertiary/aromatic N) is 2. The molecule has 0 amide bonds. The summed E-state index contributed by atoms with van der Waals surface area (Å²) in [6.07, 6.45) is 0. The Morgan fingerprint density at radius 3 is 2.41 bits per heavy atom. The van der Waals surface area contributed by atoms with Gasteiger partial charge >= 0.3 is 0 Å². The van der Waals surface area contributed by atoms with Gasteiger partial charge in [0.15, 0.2) is 4.80 Å². The summed E-state index contributed by atoms with van der Waals surface area (Å²) in [7, 11) is 0. The maximum atomic E-state index is 4.81. The van der Waals surface area contributed by atoms with Crippen molar-refractivity contribution in [2.45, 2.75) is 34.2 Å². The largest absolute Gasteiger partial charge is 0.321 e. The Morgan fingerprint density at radius 1 is 1.18 bits per heavy atom. The molecule has 0 saturated carbocycles. The summed E-state index contributed by atoms with van der Waals surface area (Å²) in [6.45, 7) is 9.48. The van der Waals surface area contributed by atoms with Gasteiger partial charge in [-0.2, -0.15) is 0 Å². The second kappa shape index (κ2) is 4.88. The Balaban J connectivity index is 2.63. The third-order valence-corrected chi connectivity index (χ3v) is 3.94. The van der Waals surface area contributed by atoms with Crippen LogP contribution in [-0.4, -0.2) is 4.57 Å². The second-order valence-electron chi connectivity index (χ2n) is 4.26. The van der Waals surface area contributed by atoms with Crippen LogP contribution in [0, 0.1) is 20.8 Å². The van der Waals surface area contributed by atoms with Gasteiger partial charge in [0.05, 0.1) is 5.69 Å². The van der Waals surface area contributed by atoms with Gasteiger partial charge in [-0.25, -0.2) is 4.99 Å². The fraction of sp³-hybridized carbons (Fsp3) is 0.357. The van der Waals surface area contributed by atoms with Crippen LogP contribution < -0.4 is 4.80 Å². The zero-order valence-corrected chi connectivity index (χ0v) is 11.6. The highest BCUT2D eigenvalue weighted by Crippen LogP contribution is 2.22. The molecule has 0 N–H and O–H groups in total. The van der Waals surface area contributed by atoms with E-state index in [4.69, 9.17) is 4.99 Å². The minimum atomic E-state index is 0.971. The number of rotatable bonds is 2. The second-order valence-corrected chi connectivity index (χ2v) is 5.09. The van der Waals surface area contributed by atoms with Crippen molar-refractivity contribution in [1.29, 1.82) is 0 Å². The average Bonchev–Trinajstić information content (AvgIpc) is 2.64. The summed E-state index contributed by atoms with van der Waals surface area (Å²) in [4.78, 5) is 5.90. The summed E-state index contributed by atoms with van der Waals surface area (Å²) in [6, 6.07) is 6.31. The van der Waals surface area contributed by atoms with E-state index in [1.165, 1.54) is 16.8 Å². The Bertz CT molecular complexity index is 570. The number of para-hydroxylation sites is 1. The molecule has 90 valence electrons. The van der Waals surface area contributed by atoms with Gasteiger partial charge in [0.2, 0.25) is 0 Å². The Labute approximate surface area is 106 Å². The lowest BCUT2D eigenvalue weighted by Gasteiger charge is -2.04. The van der Waals surface area contributed by atoms with Crippen molar-refractivity contribution in [2.75, 3.05) is 0 Å². The molecule has 0 unspecified atom stereocenters. The van der Waals surface area contributed by atoms with Crippen molar-refractivity contribution >= 4 is 17.0 Å². The van der Waals surface area contributed by atoms with E-state index in [-0.39, 0.29) is 0 Å². The van der Waals surface area contributed by atoms with Crippen molar-refractivity contribution < 1.29 is 0 Å². The molecular formula is C14H18N2S. The van der Waals surface area contributed by atoms with E-state index in [1.807, 2.05) is 0 Å². The lowest BCUT2D eigenvalue weighted by molar-refractivity contribution is 0.712. The summed E-state index contributed by atoms with van der Waals surface area (Å²) >= 11 is 1.71. The van der Waals surface area contributed by atoms with E-state index < -0.39 is 0 Å². The summed E-state index contributed by atoms with van der Waals surface area (Å²) in [5.41, 5.74) is 4.86. The normalized spacial score (nSPS) is 12.1. The monoisotopic (exact) mass is 246 g/mol. The molecule has 0 spiro atoms. The van der Waals surface area contributed by atoms with Crippen LogP contribution in [0.2, 0.25) is 0 Å². The average molecular weight is 246 g/mol. The first-order valence-corrected chi connectivity index (χ1v) is 6.77. The standard InChI is InChI=1S/C14H18N2S/c1-5-16-12(4)9-17-14(16)15-13-10(2)7-6-8-11(13)3/h6-9H,5H2,1-4H3. The molecule has 0 aliphatic carbocycles. The molecule has 17 heavy (non-hydrogen) atoms. The van der Waals surface area contributed by atoms with Gasteiger partial charge in [-0.15, -0.1) is 11.3 Å². The van der Waals surface area contributed by atoms with E-state index in [0.717, 1.165) is 17.0 Å². The van der Waals surface area contributed by atoms with E-state index >= 15 is 0 Å². The molecule has 0 aliphatic heterocycles. The first kappa shape index (κ1) is 12.1. The topological polar surface area (TPSA) is 17.3 Å². The molecule has 0 radical (unpaired) electrons. The van der Waals surface area contributed by atoms with Gasteiger partial charge in [0, 0.05) is 17.6 Å². The highest BCUT2D eigenvalue weighted by atomic mass is 32.1. The van der Waals surface area contributed by atoms with E-state index in [9.17, 15) is 0 Å². The van der Waals surface area contributed by atoms with Crippen LogP contribution in [0.3, 0.4) is 0 Å². The number of aromatic nitrogens is 1. The van der Waals surface area contributed by atoms with Gasteiger partial charge < -0.3 is 4.57 Å². The highest BCUT2D eigenvalue weighted by molar-refractivity contribution is 7.07. The van der Waals surface area contributed by atoms with Gasteiger partial charge in [0.25, 0.3) is 0 Å². The molecule has 1 aromatic heterocycles. The van der Waals surface area contributed by atoms with Crippen molar-refractivity contribution in [1.82, 2.24) is 4.57 Å². The predicted molar refractivity (Wildman–Crippen MR) is 73.9 cm³/mol. The van der Waals surface area contributed by atoms with Crippen molar-refractivity contribution in [3.63, 3.8) is 0 Å². The zero-order chi connectivity index (χ0) is 12.4. The summed E-state index contributed by atoms with van der Waals surface area (Å²) < 4.78 is 2.25. The van der Waals surface area contributed by atoms with Gasteiger partial charge in [-0.05, 0) is 38.8 Å². The number of hydrogen-bond donors (Lipinski definition) is 0. The quantitative estimate of drug-likeness (QED) is 0.768. The van der Waals surface area contributed by atoms with Crippen LogP contribution in [0.25, 0.3) is 0 Å². The first-order chi connectivity index (χ1) is 8.13. The van der Waals surface area contributed by atoms with Gasteiger partial charge in [-0.1, -0.05) is 18.2 Å². The maximum absolute atomic E-state index is 4.81. The van der Waals surface area contributed by atoms with Crippen LogP contribution in [0.4, 0.5) is 5.69 Å². The van der Waals surface area contributed by atoms with E-state index in [1.54, 1.807) is 11.3 Å². The maximum Gasteiger partial charge on any atom is 0.190 e. The highest BCUT2D eigenvalue weighted by Gasteiger charge is 2.02. The Hall–Kier alpha value is -1.35. The summed E-state index contributed by atoms with van der Waals surface area (Å²) in [5.74, 6) is 0. The molecule has 0 fully saturated rings. The number of thiazole rings is 1. The number of benzene rings is 1. The molecule has 1 heterocycles. The van der Waals surface area contributed by atoms with Crippen LogP contribution in [0.1, 0.15) is 23.7 Å². The molecule has 3 heteroatoms. The molecule has 2 aromatic rings. The van der Waals surface area contributed by atoms with Crippen molar-refractivity contribution in [3.8, 4) is 0 Å². The molecule has 0 atom stereocenters. The van der Waals surface area contributed by atoms with Crippen LogP contribution in [0.15, 0.2) is 28.6 Å². The van der Waals surface area contributed by atoms with Crippen LogP contribution >= 0.6 is 11.3 Å². The first-order valence-electron chi connectivity index (χ1n) is 5.89. The van der Waals surface area contributed by atoms with Crippen LogP contribution in [-0.2, 0) is 6.54 Å². The molecule has 2 nitrogen and oxygen atoms in total. The lowest BCUT2D eigenvalue weighted by Crippen LogP contribution is -2.14. The number of aryl methyl sites for hydroxylation is 3. The third kappa shape index (κ3) is 2.34. The Kier molecular flexibility index (Phi) is 3.48. The summed E-state index contributed by atoms with van der Waals surface area (Å²) in [5, 5.41) is 2.16. The third-order valence-electron chi connectivity index (χ3n) is 2.95. The number of hydrogen-bond acceptors (Lipinski definition) is 2. The lowest BCUT2D eigenvalue weighted by atomic mass is 10.1. The SMILES string of the molecule is CCn1c(C)csc1=Nc1c(C)cccc1C. The fourth-order valence-electron chi connectivity index (χ4n) is 1.97. The smallest absolute Gasteiger partial charge is 0.190 e. The van der Waals surface area contributed by atoms with Gasteiger partial charge in [-0.3, -0.25) is 0 Å². The minimum Gasteiger partial charge on any atom is -0.321 e. The fourth-order valence-corrected chi connectivity index (χ4v) is 2.91. The molecule has 0 bridgehead atoms. The minimum absolute atomic E-state index is 0.971. The van der Waals surface area contributed by atoms with Crippen molar-refractivity contribution in [2.24, 2.45) is 4.99 Å². The van der Waals surface area contributed by atoms with E-state index in [2.05, 4.69) is 55.8 Å². The molecule has 0 saturated heterocycles. The molecule has 1 aromatic carbocycles. The van der Waals surface area contributed by atoms with Crippen molar-refractivity contribution in [3.05, 3.63) is 45.2 Å². The van der Waals surface area contributed by atoms with Crippen LogP contribution in [0.5, 0.6) is 0 Å².